The molecule has 1 heterocycles. The molecule has 0 spiro atoms. The molecule has 0 saturated carbocycles. The van der Waals surface area contributed by atoms with Crippen molar-refractivity contribution in [1.29, 1.82) is 0 Å². The van der Waals surface area contributed by atoms with E-state index in [4.69, 9.17) is 4.74 Å². The van der Waals surface area contributed by atoms with Crippen LogP contribution in [-0.2, 0) is 15.1 Å². The van der Waals surface area contributed by atoms with Gasteiger partial charge in [-0.05, 0) is 25.1 Å². The van der Waals surface area contributed by atoms with Crippen LogP contribution in [0.3, 0.4) is 0 Å². The van der Waals surface area contributed by atoms with Gasteiger partial charge < -0.3 is 10.1 Å². The average molecular weight is 438 g/mol. The number of benzene rings is 3. The number of hydrogen-bond acceptors (Lipinski definition) is 3. The first-order valence-corrected chi connectivity index (χ1v) is 10.1. The summed E-state index contributed by atoms with van der Waals surface area (Å²) in [6, 6.07) is 22.5. The summed E-state index contributed by atoms with van der Waals surface area (Å²) in [5.74, 6) is -5.15. The Kier molecular flexibility index (Phi) is 5.84. The van der Waals surface area contributed by atoms with E-state index in [9.17, 15) is 18.0 Å². The van der Waals surface area contributed by atoms with Crippen molar-refractivity contribution < 1.29 is 22.7 Å². The van der Waals surface area contributed by atoms with Crippen LogP contribution < -0.4 is 5.32 Å². The van der Waals surface area contributed by atoms with Gasteiger partial charge in [-0.25, -0.2) is 18.2 Å². The number of nitrogens with zero attached hydrogens (tertiary/aromatic N) is 1. The summed E-state index contributed by atoms with van der Waals surface area (Å²) in [5.41, 5.74) is -0.136. The number of ether oxygens (including phenoxy) is 1. The van der Waals surface area contributed by atoms with Crippen LogP contribution in [0.15, 0.2) is 83.9 Å². The number of carbonyl (C=O) groups is 1. The van der Waals surface area contributed by atoms with Crippen molar-refractivity contribution in [3.05, 3.63) is 101 Å². The molecule has 3 aromatic rings. The van der Waals surface area contributed by atoms with Crippen molar-refractivity contribution in [3.63, 3.8) is 0 Å². The van der Waals surface area contributed by atoms with Crippen LogP contribution in [0.5, 0.6) is 0 Å². The highest BCUT2D eigenvalue weighted by Gasteiger charge is 2.55. The van der Waals surface area contributed by atoms with E-state index in [1.165, 1.54) is 12.1 Å². The van der Waals surface area contributed by atoms with E-state index >= 15 is 0 Å². The lowest BCUT2D eigenvalue weighted by Gasteiger charge is -2.36. The van der Waals surface area contributed by atoms with Crippen LogP contribution >= 0.6 is 0 Å². The standard InChI is InChI=1S/C25H21F3N2O2/c1-24(25(27,28)16-32-15-22(31)30-24)20-14-19(12-13-21(20)26)29-23(17-8-4-2-5-9-17)18-10-6-3-7-11-18/h2-14H,15-16H2,1H3,(H,30,31)/t24-/m1/s1. The number of rotatable bonds is 4. The molecule has 32 heavy (non-hydrogen) atoms. The number of halogens is 3. The van der Waals surface area contributed by atoms with Gasteiger partial charge in [0.1, 0.15) is 24.6 Å². The predicted octanol–water partition coefficient (Wildman–Crippen LogP) is 4.99. The molecule has 1 N–H and O–H groups in total. The van der Waals surface area contributed by atoms with E-state index in [0.717, 1.165) is 24.1 Å². The second-order valence-electron chi connectivity index (χ2n) is 7.73. The lowest BCUT2D eigenvalue weighted by atomic mass is 9.85. The van der Waals surface area contributed by atoms with Crippen LogP contribution in [0.1, 0.15) is 23.6 Å². The van der Waals surface area contributed by atoms with Crippen molar-refractivity contribution in [2.75, 3.05) is 13.2 Å². The fourth-order valence-corrected chi connectivity index (χ4v) is 3.67. The van der Waals surface area contributed by atoms with Crippen LogP contribution in [0.2, 0.25) is 0 Å². The Labute approximate surface area is 183 Å². The number of nitrogens with one attached hydrogen (secondary N) is 1. The molecule has 1 saturated heterocycles. The maximum atomic E-state index is 14.9. The first-order valence-electron chi connectivity index (χ1n) is 10.1. The Balaban J connectivity index is 1.86. The highest BCUT2D eigenvalue weighted by molar-refractivity contribution is 6.13. The zero-order valence-electron chi connectivity index (χ0n) is 17.3. The molecule has 164 valence electrons. The van der Waals surface area contributed by atoms with Crippen molar-refractivity contribution in [2.45, 2.75) is 18.4 Å². The van der Waals surface area contributed by atoms with Gasteiger partial charge in [0.25, 0.3) is 5.92 Å². The van der Waals surface area contributed by atoms with Gasteiger partial charge in [0.2, 0.25) is 5.91 Å². The van der Waals surface area contributed by atoms with E-state index in [2.05, 4.69) is 10.3 Å². The Morgan fingerprint density at radius 1 is 0.969 bits per heavy atom. The van der Waals surface area contributed by atoms with Crippen LogP contribution in [0.4, 0.5) is 18.9 Å². The molecule has 0 unspecified atom stereocenters. The molecule has 1 fully saturated rings. The zero-order valence-corrected chi connectivity index (χ0v) is 17.3. The monoisotopic (exact) mass is 438 g/mol. The number of hydrogen-bond donors (Lipinski definition) is 1. The maximum Gasteiger partial charge on any atom is 0.297 e. The Morgan fingerprint density at radius 2 is 1.56 bits per heavy atom. The van der Waals surface area contributed by atoms with Crippen molar-refractivity contribution in [2.24, 2.45) is 4.99 Å². The van der Waals surface area contributed by atoms with E-state index in [0.29, 0.717) is 5.71 Å². The molecule has 0 aromatic heterocycles. The minimum Gasteiger partial charge on any atom is -0.365 e. The minimum absolute atomic E-state index is 0.278. The number of aliphatic imine (C=N–C) groups is 1. The molecular weight excluding hydrogens is 417 g/mol. The molecule has 3 aromatic carbocycles. The van der Waals surface area contributed by atoms with Crippen molar-refractivity contribution >= 4 is 17.3 Å². The van der Waals surface area contributed by atoms with Crippen molar-refractivity contribution in [3.8, 4) is 0 Å². The lowest BCUT2D eigenvalue weighted by Crippen LogP contribution is -2.56. The smallest absolute Gasteiger partial charge is 0.297 e. The summed E-state index contributed by atoms with van der Waals surface area (Å²) in [6.07, 6.45) is 0. The van der Waals surface area contributed by atoms with Gasteiger partial charge in [0, 0.05) is 16.7 Å². The average Bonchev–Trinajstić information content (AvgIpc) is 2.89. The largest absolute Gasteiger partial charge is 0.365 e. The molecule has 0 bridgehead atoms. The number of alkyl halides is 2. The SMILES string of the molecule is C[C@]1(c2cc(N=C(c3ccccc3)c3ccccc3)ccc2F)NC(=O)COCC1(F)F. The highest BCUT2D eigenvalue weighted by atomic mass is 19.3. The van der Waals surface area contributed by atoms with E-state index < -0.39 is 36.4 Å². The predicted molar refractivity (Wildman–Crippen MR) is 116 cm³/mol. The first kappa shape index (κ1) is 21.8. The molecule has 0 radical (unpaired) electrons. The first-order chi connectivity index (χ1) is 15.3. The summed E-state index contributed by atoms with van der Waals surface area (Å²) >= 11 is 0. The third-order valence-electron chi connectivity index (χ3n) is 5.46. The Bertz CT molecular complexity index is 1110. The minimum atomic E-state index is -3.54. The summed E-state index contributed by atoms with van der Waals surface area (Å²) in [4.78, 5) is 16.7. The van der Waals surface area contributed by atoms with Crippen molar-refractivity contribution in [1.82, 2.24) is 5.32 Å². The topological polar surface area (TPSA) is 50.7 Å². The van der Waals surface area contributed by atoms with E-state index in [1.807, 2.05) is 60.7 Å². The van der Waals surface area contributed by atoms with Crippen LogP contribution in [-0.4, -0.2) is 30.8 Å². The quantitative estimate of drug-likeness (QED) is 0.584. The van der Waals surface area contributed by atoms with Gasteiger partial charge in [-0.15, -0.1) is 0 Å². The van der Waals surface area contributed by atoms with Gasteiger partial charge >= 0.3 is 0 Å². The molecule has 1 aliphatic heterocycles. The Hall–Kier alpha value is -3.45. The molecule has 1 atom stereocenters. The molecule has 4 rings (SSSR count). The maximum absolute atomic E-state index is 14.9. The van der Waals surface area contributed by atoms with Gasteiger partial charge in [0.15, 0.2) is 0 Å². The number of amides is 1. The van der Waals surface area contributed by atoms with Gasteiger partial charge in [-0.1, -0.05) is 60.7 Å². The normalized spacial score (nSPS) is 20.2. The zero-order chi connectivity index (χ0) is 22.8. The molecule has 1 aliphatic rings. The van der Waals surface area contributed by atoms with Gasteiger partial charge in [-0.2, -0.15) is 0 Å². The third-order valence-corrected chi connectivity index (χ3v) is 5.46. The lowest BCUT2D eigenvalue weighted by molar-refractivity contribution is -0.127. The summed E-state index contributed by atoms with van der Waals surface area (Å²) in [6.45, 7) is -0.425. The Morgan fingerprint density at radius 3 is 2.16 bits per heavy atom. The molecule has 0 aliphatic carbocycles. The molecule has 1 amide bonds. The summed E-state index contributed by atoms with van der Waals surface area (Å²) in [5, 5.41) is 2.24. The second-order valence-corrected chi connectivity index (χ2v) is 7.73. The molecular formula is C25H21F3N2O2. The third kappa shape index (κ3) is 4.16. The molecule has 4 nitrogen and oxygen atoms in total. The van der Waals surface area contributed by atoms with Crippen LogP contribution in [0.25, 0.3) is 0 Å². The van der Waals surface area contributed by atoms with E-state index in [1.54, 1.807) is 0 Å². The highest BCUT2D eigenvalue weighted by Crippen LogP contribution is 2.41. The second kappa shape index (κ2) is 8.59. The number of carbonyl (C=O) groups excluding carboxylic acids is 1. The van der Waals surface area contributed by atoms with Gasteiger partial charge in [-0.3, -0.25) is 4.79 Å². The fraction of sp³-hybridized carbons (Fsp3) is 0.200. The summed E-state index contributed by atoms with van der Waals surface area (Å²) in [7, 11) is 0. The van der Waals surface area contributed by atoms with Crippen LogP contribution in [0, 0.1) is 5.82 Å². The van der Waals surface area contributed by atoms with E-state index in [-0.39, 0.29) is 11.3 Å². The summed E-state index contributed by atoms with van der Waals surface area (Å²) < 4.78 is 49.5. The fourth-order valence-electron chi connectivity index (χ4n) is 3.67. The molecule has 7 heteroatoms. The van der Waals surface area contributed by atoms with Gasteiger partial charge in [0.05, 0.1) is 11.4 Å².